The van der Waals surface area contributed by atoms with E-state index in [1.807, 2.05) is 20.8 Å². The molecule has 0 aliphatic heterocycles. The minimum Gasteiger partial charge on any atom is -0.750 e. The van der Waals surface area contributed by atoms with Gasteiger partial charge in [0.25, 0.3) is 0 Å². The highest BCUT2D eigenvalue weighted by Gasteiger charge is 1.95. The summed E-state index contributed by atoms with van der Waals surface area (Å²) in [5.41, 5.74) is 5.35. The molecule has 0 aromatic heterocycles. The van der Waals surface area contributed by atoms with E-state index < -0.39 is 11.4 Å². The first-order valence-corrected chi connectivity index (χ1v) is 3.34. The van der Waals surface area contributed by atoms with E-state index in [2.05, 4.69) is 0 Å². The molecular weight excluding hydrogens is 142 g/mol. The summed E-state index contributed by atoms with van der Waals surface area (Å²) in [5, 5.41) is 0. The van der Waals surface area contributed by atoms with Crippen molar-refractivity contribution in [3.05, 3.63) is 0 Å². The zero-order valence-corrected chi connectivity index (χ0v) is 6.57. The minimum absolute atomic E-state index is 0. The fourth-order valence-electron chi connectivity index (χ4n) is 0. The molecule has 0 saturated carbocycles. The third kappa shape index (κ3) is 324000. The van der Waals surface area contributed by atoms with E-state index in [4.69, 9.17) is 19.0 Å². The van der Waals surface area contributed by atoms with Gasteiger partial charge in [-0.2, -0.15) is 0 Å². The summed E-state index contributed by atoms with van der Waals surface area (Å²) in [7, 11) is 0. The van der Waals surface area contributed by atoms with Crippen LogP contribution in [0.1, 0.15) is 20.8 Å². The second kappa shape index (κ2) is 4.87. The lowest BCUT2D eigenvalue weighted by Gasteiger charge is -2.06. The summed E-state index contributed by atoms with van der Waals surface area (Å²) in [4.78, 5) is 0. The molecule has 0 aromatic rings. The Balaban J connectivity index is 0. The topological polar surface area (TPSA) is 86.4 Å². The van der Waals surface area contributed by atoms with Gasteiger partial charge in [-0.1, -0.05) is 0 Å². The molecule has 0 amide bonds. The summed E-state index contributed by atoms with van der Waals surface area (Å²) in [5.74, 6) is 0. The molecular formula is C4H12NO3S-. The number of hydrogen-bond donors (Lipinski definition) is 2. The van der Waals surface area contributed by atoms with E-state index in [0.29, 0.717) is 0 Å². The average Bonchev–Trinajstić information content (AvgIpc) is 1.19. The van der Waals surface area contributed by atoms with Crippen molar-refractivity contribution in [3.63, 3.8) is 0 Å². The Labute approximate surface area is 57.6 Å². The first kappa shape index (κ1) is 11.8. The van der Waals surface area contributed by atoms with E-state index in [9.17, 15) is 0 Å². The molecule has 0 aliphatic carbocycles. The van der Waals surface area contributed by atoms with E-state index in [1.165, 1.54) is 0 Å². The van der Waals surface area contributed by atoms with Gasteiger partial charge in [0.05, 0.1) is 11.4 Å². The van der Waals surface area contributed by atoms with E-state index in [-0.39, 0.29) is 5.54 Å². The standard InChI is InChI=1S/C4H11N.H2O3S/c1-4(2,3)5;1-4(2)3/h5H2,1-3H3;(H2,1,2,3)/p-1. The fraction of sp³-hybridized carbons (Fsp3) is 1.00. The van der Waals surface area contributed by atoms with Crippen LogP contribution in [0, 0.1) is 0 Å². The Morgan fingerprint density at radius 1 is 1.56 bits per heavy atom. The maximum absolute atomic E-state index is 8.56. The smallest absolute Gasteiger partial charge is 0.0814 e. The molecule has 3 N–H and O–H groups in total. The fourth-order valence-corrected chi connectivity index (χ4v) is 0. The summed E-state index contributed by atoms with van der Waals surface area (Å²) in [6.07, 6.45) is 0. The van der Waals surface area contributed by atoms with Crippen LogP contribution in [0.15, 0.2) is 0 Å². The molecule has 5 heteroatoms. The average molecular weight is 154 g/mol. The van der Waals surface area contributed by atoms with Gasteiger partial charge in [-0.3, -0.25) is 0 Å². The van der Waals surface area contributed by atoms with Crippen LogP contribution in [0.2, 0.25) is 0 Å². The van der Waals surface area contributed by atoms with Crippen LogP contribution in [-0.4, -0.2) is 18.9 Å². The Morgan fingerprint density at radius 2 is 1.56 bits per heavy atom. The SMILES string of the molecule is CC(C)(C)N.O=S([O-])O. The van der Waals surface area contributed by atoms with Crippen LogP contribution in [0.3, 0.4) is 0 Å². The van der Waals surface area contributed by atoms with Gasteiger partial charge in [-0.15, -0.1) is 0 Å². The molecule has 0 saturated heterocycles. The lowest BCUT2D eigenvalue weighted by Crippen LogP contribution is -2.26. The Kier molecular flexibility index (Phi) is 6.37. The lowest BCUT2D eigenvalue weighted by atomic mass is 10.1. The highest BCUT2D eigenvalue weighted by molar-refractivity contribution is 7.73. The largest absolute Gasteiger partial charge is 0.750 e. The van der Waals surface area contributed by atoms with Crippen molar-refractivity contribution in [3.8, 4) is 0 Å². The molecule has 0 rings (SSSR count). The molecule has 0 bridgehead atoms. The highest BCUT2D eigenvalue weighted by Crippen LogP contribution is 1.88. The van der Waals surface area contributed by atoms with Crippen molar-refractivity contribution < 1.29 is 13.3 Å². The molecule has 1 atom stereocenters. The number of hydrogen-bond acceptors (Lipinski definition) is 3. The molecule has 0 aromatic carbocycles. The Hall–Kier alpha value is 0.0300. The predicted molar refractivity (Wildman–Crippen MR) is 35.5 cm³/mol. The van der Waals surface area contributed by atoms with Crippen molar-refractivity contribution in [2.75, 3.05) is 0 Å². The van der Waals surface area contributed by atoms with Gasteiger partial charge in [-0.05, 0) is 20.8 Å². The maximum Gasteiger partial charge on any atom is 0.0814 e. The van der Waals surface area contributed by atoms with Crippen LogP contribution in [0.25, 0.3) is 0 Å². The molecule has 0 heterocycles. The minimum atomic E-state index is -2.86. The van der Waals surface area contributed by atoms with Gasteiger partial charge in [0.2, 0.25) is 0 Å². The van der Waals surface area contributed by atoms with E-state index in [0.717, 1.165) is 0 Å². The van der Waals surface area contributed by atoms with Crippen LogP contribution in [0.5, 0.6) is 0 Å². The molecule has 58 valence electrons. The zero-order valence-electron chi connectivity index (χ0n) is 5.75. The van der Waals surface area contributed by atoms with Gasteiger partial charge in [-0.25, -0.2) is 4.21 Å². The molecule has 0 radical (unpaired) electrons. The van der Waals surface area contributed by atoms with Crippen LogP contribution >= 0.6 is 0 Å². The monoisotopic (exact) mass is 154 g/mol. The first-order chi connectivity index (χ1) is 3.73. The van der Waals surface area contributed by atoms with Gasteiger partial charge < -0.3 is 14.8 Å². The molecule has 9 heavy (non-hydrogen) atoms. The summed E-state index contributed by atoms with van der Waals surface area (Å²) >= 11 is -2.86. The van der Waals surface area contributed by atoms with Gasteiger partial charge in [0, 0.05) is 5.54 Å². The van der Waals surface area contributed by atoms with Crippen LogP contribution < -0.4 is 5.73 Å². The van der Waals surface area contributed by atoms with Gasteiger partial charge in [0.15, 0.2) is 0 Å². The molecule has 0 fully saturated rings. The second-order valence-corrected chi connectivity index (χ2v) is 3.02. The maximum atomic E-state index is 8.56. The summed E-state index contributed by atoms with van der Waals surface area (Å²) in [6, 6.07) is 0. The van der Waals surface area contributed by atoms with Crippen LogP contribution in [-0.2, 0) is 11.4 Å². The van der Waals surface area contributed by atoms with E-state index >= 15 is 0 Å². The summed E-state index contributed by atoms with van der Waals surface area (Å²) in [6.45, 7) is 5.90. The number of nitrogens with two attached hydrogens (primary N) is 1. The normalized spacial score (nSPS) is 13.6. The van der Waals surface area contributed by atoms with Crippen molar-refractivity contribution in [2.45, 2.75) is 26.3 Å². The zero-order chi connectivity index (χ0) is 8.08. The number of rotatable bonds is 0. The molecule has 0 aliphatic rings. The lowest BCUT2D eigenvalue weighted by molar-refractivity contribution is 0.436. The van der Waals surface area contributed by atoms with Crippen molar-refractivity contribution in [2.24, 2.45) is 5.73 Å². The molecule has 1 unspecified atom stereocenters. The van der Waals surface area contributed by atoms with Crippen molar-refractivity contribution in [1.29, 1.82) is 0 Å². The third-order valence-corrected chi connectivity index (χ3v) is 0. The van der Waals surface area contributed by atoms with Gasteiger partial charge in [0.1, 0.15) is 0 Å². The van der Waals surface area contributed by atoms with Gasteiger partial charge >= 0.3 is 0 Å². The quantitative estimate of drug-likeness (QED) is 0.484. The summed E-state index contributed by atoms with van der Waals surface area (Å²) < 4.78 is 24.1. The Bertz CT molecular complexity index is 78.3. The Morgan fingerprint density at radius 3 is 1.56 bits per heavy atom. The van der Waals surface area contributed by atoms with Crippen LogP contribution in [0.4, 0.5) is 0 Å². The second-order valence-electron chi connectivity index (χ2n) is 2.58. The predicted octanol–water partition coefficient (Wildman–Crippen LogP) is 0.0821. The van der Waals surface area contributed by atoms with E-state index in [1.54, 1.807) is 0 Å². The van der Waals surface area contributed by atoms with Crippen molar-refractivity contribution >= 4 is 11.4 Å². The van der Waals surface area contributed by atoms with Crippen molar-refractivity contribution in [1.82, 2.24) is 0 Å². The first-order valence-electron chi connectivity index (χ1n) is 2.30. The third-order valence-electron chi connectivity index (χ3n) is 0. The molecule has 0 spiro atoms. The highest BCUT2D eigenvalue weighted by atomic mass is 32.2. The molecule has 4 nitrogen and oxygen atoms in total.